The third-order valence-corrected chi connectivity index (χ3v) is 5.11. The number of hydrogen-bond acceptors (Lipinski definition) is 4. The molecule has 6 heteroatoms. The maximum Gasteiger partial charge on any atom is 0.269 e. The molecule has 0 bridgehead atoms. The van der Waals surface area contributed by atoms with Crippen molar-refractivity contribution >= 4 is 11.6 Å². The molecule has 1 amide bonds. The van der Waals surface area contributed by atoms with Gasteiger partial charge >= 0.3 is 0 Å². The van der Waals surface area contributed by atoms with Crippen molar-refractivity contribution in [3.05, 3.63) is 75.3 Å². The van der Waals surface area contributed by atoms with Gasteiger partial charge in [-0.1, -0.05) is 24.3 Å². The Bertz CT molecular complexity index is 825. The number of nitro benzene ring substituents is 1. The summed E-state index contributed by atoms with van der Waals surface area (Å²) in [5.74, 6) is 0.00831. The summed E-state index contributed by atoms with van der Waals surface area (Å²) in [6.45, 7) is 1.58. The van der Waals surface area contributed by atoms with E-state index >= 15 is 0 Å². The first kappa shape index (κ1) is 17.7. The number of hydrogen-bond donors (Lipinski definition) is 1. The zero-order valence-corrected chi connectivity index (χ0v) is 15.1. The first-order valence-corrected chi connectivity index (χ1v) is 9.46. The molecule has 2 aliphatic carbocycles. The number of carbonyl (C=O) groups excluding carboxylic acids is 1. The summed E-state index contributed by atoms with van der Waals surface area (Å²) >= 11 is 0. The lowest BCUT2D eigenvalue weighted by molar-refractivity contribution is -0.384. The smallest absolute Gasteiger partial charge is 0.269 e. The number of nitrogens with zero attached hydrogens (tertiary/aromatic N) is 2. The van der Waals surface area contributed by atoms with Crippen molar-refractivity contribution in [3.8, 4) is 0 Å². The van der Waals surface area contributed by atoms with E-state index in [0.29, 0.717) is 17.6 Å². The summed E-state index contributed by atoms with van der Waals surface area (Å²) in [5.41, 5.74) is 3.08. The maximum atomic E-state index is 12.1. The molecule has 6 nitrogen and oxygen atoms in total. The van der Waals surface area contributed by atoms with Gasteiger partial charge in [-0.3, -0.25) is 19.8 Å². The third-order valence-electron chi connectivity index (χ3n) is 5.11. The van der Waals surface area contributed by atoms with Gasteiger partial charge in [0.25, 0.3) is 11.6 Å². The van der Waals surface area contributed by atoms with Crippen molar-refractivity contribution in [1.82, 2.24) is 10.2 Å². The highest BCUT2D eigenvalue weighted by Crippen LogP contribution is 2.30. The Kier molecular flexibility index (Phi) is 4.90. The number of rotatable bonds is 8. The number of benzene rings is 2. The van der Waals surface area contributed by atoms with Crippen molar-refractivity contribution in [1.29, 1.82) is 0 Å². The van der Waals surface area contributed by atoms with Crippen LogP contribution in [0, 0.1) is 10.1 Å². The molecule has 0 saturated heterocycles. The second kappa shape index (κ2) is 7.48. The normalized spacial score (nSPS) is 16.3. The second-order valence-electron chi connectivity index (χ2n) is 7.50. The van der Waals surface area contributed by atoms with E-state index in [9.17, 15) is 14.9 Å². The molecule has 2 saturated carbocycles. The van der Waals surface area contributed by atoms with Crippen LogP contribution in [-0.4, -0.2) is 27.8 Å². The first-order valence-electron chi connectivity index (χ1n) is 9.46. The SMILES string of the molecule is O=C(NC1CC1)c1ccc(CN(Cc2ccc([N+](=O)[O-])cc2)C2CC2)cc1. The minimum absolute atomic E-state index is 0.00831. The van der Waals surface area contributed by atoms with Crippen molar-refractivity contribution < 1.29 is 9.72 Å². The van der Waals surface area contributed by atoms with Crippen molar-refractivity contribution in [3.63, 3.8) is 0 Å². The van der Waals surface area contributed by atoms with Crippen LogP contribution in [0.15, 0.2) is 48.5 Å². The predicted octanol–water partition coefficient (Wildman–Crippen LogP) is 3.65. The molecule has 27 heavy (non-hydrogen) atoms. The minimum Gasteiger partial charge on any atom is -0.349 e. The molecule has 2 fully saturated rings. The van der Waals surface area contributed by atoms with E-state index in [-0.39, 0.29) is 16.5 Å². The van der Waals surface area contributed by atoms with E-state index in [0.717, 1.165) is 31.5 Å². The molecule has 2 aromatic rings. The van der Waals surface area contributed by atoms with Crippen LogP contribution in [0.25, 0.3) is 0 Å². The van der Waals surface area contributed by atoms with Gasteiger partial charge in [0.2, 0.25) is 0 Å². The fraction of sp³-hybridized carbons (Fsp3) is 0.381. The average molecular weight is 365 g/mol. The minimum atomic E-state index is -0.372. The summed E-state index contributed by atoms with van der Waals surface area (Å²) in [4.78, 5) is 24.9. The molecule has 0 radical (unpaired) electrons. The average Bonchev–Trinajstić information content (AvgIpc) is 3.56. The van der Waals surface area contributed by atoms with Crippen LogP contribution in [0.4, 0.5) is 5.69 Å². The van der Waals surface area contributed by atoms with Gasteiger partial charge in [0.05, 0.1) is 4.92 Å². The summed E-state index contributed by atoms with van der Waals surface area (Å²) in [6.07, 6.45) is 4.55. The molecule has 0 spiro atoms. The largest absolute Gasteiger partial charge is 0.349 e. The van der Waals surface area contributed by atoms with Crippen molar-refractivity contribution in [2.75, 3.05) is 0 Å². The third kappa shape index (κ3) is 4.71. The summed E-state index contributed by atoms with van der Waals surface area (Å²) in [5, 5.41) is 13.8. The molecule has 2 aromatic carbocycles. The van der Waals surface area contributed by atoms with Gasteiger partial charge in [-0.05, 0) is 48.9 Å². The Labute approximate surface area is 158 Å². The van der Waals surface area contributed by atoms with Gasteiger partial charge in [-0.2, -0.15) is 0 Å². The monoisotopic (exact) mass is 365 g/mol. The van der Waals surface area contributed by atoms with Gasteiger partial charge in [-0.15, -0.1) is 0 Å². The molecule has 1 N–H and O–H groups in total. The van der Waals surface area contributed by atoms with E-state index in [4.69, 9.17) is 0 Å². The highest BCUT2D eigenvalue weighted by Gasteiger charge is 2.29. The second-order valence-corrected chi connectivity index (χ2v) is 7.50. The lowest BCUT2D eigenvalue weighted by Gasteiger charge is -2.22. The number of non-ortho nitro benzene ring substituents is 1. The maximum absolute atomic E-state index is 12.1. The fourth-order valence-electron chi connectivity index (χ4n) is 3.20. The highest BCUT2D eigenvalue weighted by molar-refractivity contribution is 5.94. The molecule has 2 aliphatic rings. The number of amides is 1. The molecule has 0 atom stereocenters. The molecule has 0 aliphatic heterocycles. The first-order chi connectivity index (χ1) is 13.1. The quantitative estimate of drug-likeness (QED) is 0.572. The zero-order valence-electron chi connectivity index (χ0n) is 15.1. The lowest BCUT2D eigenvalue weighted by atomic mass is 10.1. The van der Waals surface area contributed by atoms with Gasteiger partial charge in [-0.25, -0.2) is 0 Å². The number of nitro groups is 1. The molecule has 4 rings (SSSR count). The molecule has 0 unspecified atom stereocenters. The molecular weight excluding hydrogens is 342 g/mol. The van der Waals surface area contributed by atoms with E-state index in [1.807, 2.05) is 36.4 Å². The van der Waals surface area contributed by atoms with E-state index in [1.165, 1.54) is 18.4 Å². The van der Waals surface area contributed by atoms with Gasteiger partial charge in [0, 0.05) is 42.9 Å². The van der Waals surface area contributed by atoms with Crippen LogP contribution >= 0.6 is 0 Å². The molecule has 0 aromatic heterocycles. The van der Waals surface area contributed by atoms with Crippen molar-refractivity contribution in [2.45, 2.75) is 50.9 Å². The number of carbonyl (C=O) groups is 1. The molecule has 0 heterocycles. The zero-order chi connectivity index (χ0) is 18.8. The Morgan fingerprint density at radius 3 is 2.00 bits per heavy atom. The predicted molar refractivity (Wildman–Crippen MR) is 102 cm³/mol. The lowest BCUT2D eigenvalue weighted by Crippen LogP contribution is -2.26. The van der Waals surface area contributed by atoms with E-state index < -0.39 is 0 Å². The van der Waals surface area contributed by atoms with Crippen molar-refractivity contribution in [2.24, 2.45) is 0 Å². The Morgan fingerprint density at radius 1 is 0.963 bits per heavy atom. The number of nitrogens with one attached hydrogen (secondary N) is 1. The van der Waals surface area contributed by atoms with Gasteiger partial charge in [0.1, 0.15) is 0 Å². The standard InChI is InChI=1S/C21H23N3O3/c25-21(22-18-7-8-18)17-5-1-15(2-6-17)13-23(19-11-12-19)14-16-3-9-20(10-4-16)24(26)27/h1-6,9-10,18-19H,7-8,11-14H2,(H,22,25). The van der Waals surface area contributed by atoms with Gasteiger partial charge in [0.15, 0.2) is 0 Å². The summed E-state index contributed by atoms with van der Waals surface area (Å²) in [7, 11) is 0. The Morgan fingerprint density at radius 2 is 1.52 bits per heavy atom. The van der Waals surface area contributed by atoms with Crippen LogP contribution in [0.5, 0.6) is 0 Å². The van der Waals surface area contributed by atoms with Gasteiger partial charge < -0.3 is 5.32 Å². The topological polar surface area (TPSA) is 75.5 Å². The van der Waals surface area contributed by atoms with Crippen LogP contribution in [0.2, 0.25) is 0 Å². The van der Waals surface area contributed by atoms with Crippen LogP contribution in [0.1, 0.15) is 47.2 Å². The van der Waals surface area contributed by atoms with Crippen LogP contribution in [-0.2, 0) is 13.1 Å². The van der Waals surface area contributed by atoms with E-state index in [1.54, 1.807) is 12.1 Å². The summed E-state index contributed by atoms with van der Waals surface area (Å²) in [6, 6.07) is 15.6. The highest BCUT2D eigenvalue weighted by atomic mass is 16.6. The van der Waals surface area contributed by atoms with Crippen LogP contribution < -0.4 is 5.32 Å². The van der Waals surface area contributed by atoms with Crippen LogP contribution in [0.3, 0.4) is 0 Å². The summed E-state index contributed by atoms with van der Waals surface area (Å²) < 4.78 is 0. The fourth-order valence-corrected chi connectivity index (χ4v) is 3.20. The Hall–Kier alpha value is -2.73. The molecule has 140 valence electrons. The Balaban J connectivity index is 1.39. The molecular formula is C21H23N3O3. The van der Waals surface area contributed by atoms with E-state index in [2.05, 4.69) is 10.2 Å².